The first-order valence-corrected chi connectivity index (χ1v) is 9.11. The molecule has 0 atom stereocenters. The van der Waals surface area contributed by atoms with Crippen LogP contribution in [0.15, 0.2) is 46.3 Å². The second kappa shape index (κ2) is 7.27. The van der Waals surface area contributed by atoms with Crippen molar-refractivity contribution in [1.29, 1.82) is 0 Å². The van der Waals surface area contributed by atoms with Gasteiger partial charge in [-0.1, -0.05) is 22.0 Å². The number of benzene rings is 1. The van der Waals surface area contributed by atoms with Gasteiger partial charge >= 0.3 is 5.97 Å². The zero-order valence-electron chi connectivity index (χ0n) is 12.4. The van der Waals surface area contributed by atoms with Crippen LogP contribution in [0.4, 0.5) is 0 Å². The number of nitrogens with zero attached hydrogens (tertiary/aromatic N) is 1. The molecule has 0 bridgehead atoms. The first-order chi connectivity index (χ1) is 11.1. The third-order valence-electron chi connectivity index (χ3n) is 3.88. The van der Waals surface area contributed by atoms with Gasteiger partial charge in [-0.25, -0.2) is 0 Å². The highest BCUT2D eigenvalue weighted by atomic mass is 79.9. The smallest absolute Gasteiger partial charge is 0.314 e. The molecule has 1 aliphatic rings. The molecule has 23 heavy (non-hydrogen) atoms. The Balaban J connectivity index is 1.53. The molecule has 1 aromatic carbocycles. The number of ether oxygens (including phenoxy) is 1. The van der Waals surface area contributed by atoms with Crippen LogP contribution in [-0.2, 0) is 4.79 Å². The van der Waals surface area contributed by atoms with Crippen LogP contribution < -0.4 is 4.74 Å². The predicted molar refractivity (Wildman–Crippen MR) is 92.7 cm³/mol. The predicted octanol–water partition coefficient (Wildman–Crippen LogP) is 3.97. The summed E-state index contributed by atoms with van der Waals surface area (Å²) in [7, 11) is 0. The molecular weight excluding hydrogens is 378 g/mol. The minimum atomic E-state index is -0.212. The quantitative estimate of drug-likeness (QED) is 0.585. The molecule has 1 aliphatic heterocycles. The first-order valence-electron chi connectivity index (χ1n) is 7.43. The summed E-state index contributed by atoms with van der Waals surface area (Å²) in [6, 6.07) is 10.9. The van der Waals surface area contributed by atoms with Crippen molar-refractivity contribution in [3.05, 3.63) is 51.1 Å². The van der Waals surface area contributed by atoms with E-state index in [1.54, 1.807) is 12.1 Å². The molecule has 4 nitrogen and oxygen atoms in total. The topological polar surface area (TPSA) is 46.6 Å². The lowest BCUT2D eigenvalue weighted by molar-refractivity contribution is -0.140. The van der Waals surface area contributed by atoms with Crippen molar-refractivity contribution in [1.82, 2.24) is 4.90 Å². The van der Waals surface area contributed by atoms with Crippen molar-refractivity contribution >= 4 is 39.1 Å². The standard InChI is InChI=1S/C17H16BrNO3S/c18-13-3-5-14(6-4-13)22-17(21)12-7-9-19(10-8-12)16(20)15-2-1-11-23-15/h1-6,11-12H,7-10H2. The summed E-state index contributed by atoms with van der Waals surface area (Å²) in [5.74, 6) is 0.247. The van der Waals surface area contributed by atoms with Gasteiger partial charge in [0.2, 0.25) is 0 Å². The lowest BCUT2D eigenvalue weighted by Gasteiger charge is -2.30. The summed E-state index contributed by atoms with van der Waals surface area (Å²) >= 11 is 4.80. The number of thiophene rings is 1. The Kier molecular flexibility index (Phi) is 5.13. The van der Waals surface area contributed by atoms with Crippen LogP contribution in [0.25, 0.3) is 0 Å². The molecule has 3 rings (SSSR count). The number of piperidine rings is 1. The molecule has 1 fully saturated rings. The largest absolute Gasteiger partial charge is 0.426 e. The number of esters is 1. The van der Waals surface area contributed by atoms with E-state index in [0.29, 0.717) is 31.7 Å². The number of halogens is 1. The Bertz CT molecular complexity index is 676. The Morgan fingerprint density at radius 3 is 2.43 bits per heavy atom. The number of carbonyl (C=O) groups excluding carboxylic acids is 2. The van der Waals surface area contributed by atoms with Gasteiger partial charge in [-0.2, -0.15) is 0 Å². The van der Waals surface area contributed by atoms with Gasteiger partial charge in [-0.05, 0) is 48.6 Å². The summed E-state index contributed by atoms with van der Waals surface area (Å²) < 4.78 is 6.36. The maximum absolute atomic E-state index is 12.3. The van der Waals surface area contributed by atoms with E-state index in [0.717, 1.165) is 9.35 Å². The molecule has 0 saturated carbocycles. The molecule has 0 N–H and O–H groups in total. The number of rotatable bonds is 3. The van der Waals surface area contributed by atoms with Crippen molar-refractivity contribution in [2.45, 2.75) is 12.8 Å². The highest BCUT2D eigenvalue weighted by Crippen LogP contribution is 2.23. The Hall–Kier alpha value is -1.66. The normalized spacial score (nSPS) is 15.4. The van der Waals surface area contributed by atoms with Gasteiger partial charge in [0.1, 0.15) is 5.75 Å². The Morgan fingerprint density at radius 2 is 1.83 bits per heavy atom. The van der Waals surface area contributed by atoms with Gasteiger partial charge in [-0.15, -0.1) is 11.3 Å². The fraction of sp³-hybridized carbons (Fsp3) is 0.294. The van der Waals surface area contributed by atoms with E-state index in [1.165, 1.54) is 11.3 Å². The molecule has 0 aliphatic carbocycles. The summed E-state index contributed by atoms with van der Waals surface area (Å²) in [5.41, 5.74) is 0. The number of hydrogen-bond acceptors (Lipinski definition) is 4. The highest BCUT2D eigenvalue weighted by Gasteiger charge is 2.29. The SMILES string of the molecule is O=C(Oc1ccc(Br)cc1)C1CCN(C(=O)c2cccs2)CC1. The van der Waals surface area contributed by atoms with Crippen LogP contribution in [0.2, 0.25) is 0 Å². The summed E-state index contributed by atoms with van der Waals surface area (Å²) in [6.45, 7) is 1.19. The van der Waals surface area contributed by atoms with E-state index < -0.39 is 0 Å². The van der Waals surface area contributed by atoms with Crippen LogP contribution in [0.3, 0.4) is 0 Å². The van der Waals surface area contributed by atoms with Crippen molar-refractivity contribution in [2.75, 3.05) is 13.1 Å². The molecule has 1 saturated heterocycles. The minimum Gasteiger partial charge on any atom is -0.426 e. The Labute approximate surface area is 147 Å². The number of amides is 1. The monoisotopic (exact) mass is 393 g/mol. The lowest BCUT2D eigenvalue weighted by atomic mass is 9.97. The van der Waals surface area contributed by atoms with Crippen molar-refractivity contribution in [2.24, 2.45) is 5.92 Å². The van der Waals surface area contributed by atoms with Gasteiger partial charge in [0.05, 0.1) is 10.8 Å². The van der Waals surface area contributed by atoms with E-state index in [1.807, 2.05) is 34.5 Å². The van der Waals surface area contributed by atoms with E-state index in [2.05, 4.69) is 15.9 Å². The number of hydrogen-bond donors (Lipinski definition) is 0. The fourth-order valence-corrected chi connectivity index (χ4v) is 3.53. The van der Waals surface area contributed by atoms with E-state index in [-0.39, 0.29) is 17.8 Å². The third kappa shape index (κ3) is 4.00. The van der Waals surface area contributed by atoms with Gasteiger partial charge < -0.3 is 9.64 Å². The molecule has 2 aromatic rings. The minimum absolute atomic E-state index is 0.0553. The van der Waals surface area contributed by atoms with Crippen LogP contribution >= 0.6 is 27.3 Å². The molecule has 120 valence electrons. The molecule has 1 amide bonds. The van der Waals surface area contributed by atoms with Crippen LogP contribution in [0.5, 0.6) is 5.75 Å². The first kappa shape index (κ1) is 16.2. The zero-order valence-corrected chi connectivity index (χ0v) is 14.8. The number of likely N-dealkylation sites (tertiary alicyclic amines) is 1. The summed E-state index contributed by atoms with van der Waals surface area (Å²) in [4.78, 5) is 27.1. The van der Waals surface area contributed by atoms with Gasteiger partial charge in [0, 0.05) is 17.6 Å². The van der Waals surface area contributed by atoms with Crippen LogP contribution in [0.1, 0.15) is 22.5 Å². The van der Waals surface area contributed by atoms with Gasteiger partial charge in [0.15, 0.2) is 0 Å². The zero-order chi connectivity index (χ0) is 16.2. The molecular formula is C17H16BrNO3S. The maximum atomic E-state index is 12.3. The fourth-order valence-electron chi connectivity index (χ4n) is 2.58. The van der Waals surface area contributed by atoms with Crippen molar-refractivity contribution in [3.63, 3.8) is 0 Å². The van der Waals surface area contributed by atoms with Gasteiger partial charge in [-0.3, -0.25) is 9.59 Å². The molecule has 0 radical (unpaired) electrons. The molecule has 0 spiro atoms. The van der Waals surface area contributed by atoms with Crippen LogP contribution in [0, 0.1) is 5.92 Å². The maximum Gasteiger partial charge on any atom is 0.314 e. The average molecular weight is 394 g/mol. The lowest BCUT2D eigenvalue weighted by Crippen LogP contribution is -2.40. The average Bonchev–Trinajstić information content (AvgIpc) is 3.11. The van der Waals surface area contributed by atoms with Crippen molar-refractivity contribution in [3.8, 4) is 5.75 Å². The van der Waals surface area contributed by atoms with E-state index >= 15 is 0 Å². The summed E-state index contributed by atoms with van der Waals surface area (Å²) in [6.07, 6.45) is 1.29. The Morgan fingerprint density at radius 1 is 1.13 bits per heavy atom. The second-order valence-corrected chi connectivity index (χ2v) is 7.28. The molecule has 2 heterocycles. The van der Waals surface area contributed by atoms with E-state index in [4.69, 9.17) is 4.74 Å². The van der Waals surface area contributed by atoms with Crippen LogP contribution in [-0.4, -0.2) is 29.9 Å². The third-order valence-corrected chi connectivity index (χ3v) is 5.27. The summed E-state index contributed by atoms with van der Waals surface area (Å²) in [5, 5.41) is 1.90. The second-order valence-electron chi connectivity index (χ2n) is 5.42. The molecule has 1 aromatic heterocycles. The van der Waals surface area contributed by atoms with Crippen molar-refractivity contribution < 1.29 is 14.3 Å². The molecule has 0 unspecified atom stereocenters. The van der Waals surface area contributed by atoms with E-state index in [9.17, 15) is 9.59 Å². The molecule has 6 heteroatoms. The highest BCUT2D eigenvalue weighted by molar-refractivity contribution is 9.10. The van der Waals surface area contributed by atoms with Gasteiger partial charge in [0.25, 0.3) is 5.91 Å². The number of carbonyl (C=O) groups is 2.